The summed E-state index contributed by atoms with van der Waals surface area (Å²) >= 11 is 0. The van der Waals surface area contributed by atoms with E-state index in [0.717, 1.165) is 54.0 Å². The van der Waals surface area contributed by atoms with Gasteiger partial charge in [-0.05, 0) is 31.0 Å². The van der Waals surface area contributed by atoms with E-state index in [1.807, 2.05) is 55.7 Å². The van der Waals surface area contributed by atoms with Crippen molar-refractivity contribution in [2.75, 3.05) is 13.7 Å². The normalized spacial score (nSPS) is 12.1. The Morgan fingerprint density at radius 3 is 2.82 bits per heavy atom. The van der Waals surface area contributed by atoms with E-state index in [2.05, 4.69) is 21.6 Å². The molecule has 0 aliphatic rings. The highest BCUT2D eigenvalue weighted by Gasteiger charge is 2.24. The summed E-state index contributed by atoms with van der Waals surface area (Å²) < 4.78 is 7.67. The summed E-state index contributed by atoms with van der Waals surface area (Å²) in [5.74, 6) is 0.697. The van der Waals surface area contributed by atoms with Gasteiger partial charge in [0.2, 0.25) is 5.91 Å². The van der Waals surface area contributed by atoms with Gasteiger partial charge in [0.15, 0.2) is 0 Å². The van der Waals surface area contributed by atoms with E-state index in [9.17, 15) is 4.79 Å². The molecule has 1 N–H and O–H groups in total. The average Bonchev–Trinajstić information content (AvgIpc) is 3.15. The summed E-state index contributed by atoms with van der Waals surface area (Å²) in [6.07, 6.45) is 7.52. The van der Waals surface area contributed by atoms with Gasteiger partial charge in [-0.15, -0.1) is 0 Å². The van der Waals surface area contributed by atoms with Crippen LogP contribution in [0.25, 0.3) is 5.65 Å². The maximum atomic E-state index is 12.7. The molecule has 3 aromatic rings. The van der Waals surface area contributed by atoms with Crippen molar-refractivity contribution in [3.63, 3.8) is 0 Å². The largest absolute Gasteiger partial charge is 0.496 e. The minimum Gasteiger partial charge on any atom is -0.496 e. The van der Waals surface area contributed by atoms with Crippen LogP contribution in [0.2, 0.25) is 0 Å². The quantitative estimate of drug-likeness (QED) is 0.558. The minimum atomic E-state index is -0.140. The topological polar surface area (TPSA) is 55.6 Å². The third-order valence-corrected chi connectivity index (χ3v) is 5.12. The fourth-order valence-corrected chi connectivity index (χ4v) is 3.62. The molecular weight excluding hydrogens is 350 g/mol. The van der Waals surface area contributed by atoms with Crippen molar-refractivity contribution in [2.24, 2.45) is 0 Å². The molecule has 148 valence electrons. The number of fused-ring (bicyclic) bond motifs is 1. The van der Waals surface area contributed by atoms with E-state index in [1.165, 1.54) is 0 Å². The van der Waals surface area contributed by atoms with Crippen molar-refractivity contribution in [3.8, 4) is 5.75 Å². The van der Waals surface area contributed by atoms with Gasteiger partial charge in [0.05, 0.1) is 12.8 Å². The highest BCUT2D eigenvalue weighted by Crippen LogP contribution is 2.34. The van der Waals surface area contributed by atoms with Crippen LogP contribution in [0.1, 0.15) is 55.3 Å². The zero-order chi connectivity index (χ0) is 19.9. The lowest BCUT2D eigenvalue weighted by atomic mass is 9.91. The van der Waals surface area contributed by atoms with E-state index < -0.39 is 0 Å². The smallest absolute Gasteiger partial charge is 0.221 e. The molecular formula is C23H29N3O2. The number of rotatable bonds is 9. The second-order valence-corrected chi connectivity index (χ2v) is 7.12. The monoisotopic (exact) mass is 379 g/mol. The summed E-state index contributed by atoms with van der Waals surface area (Å²) in [7, 11) is 1.67. The molecule has 2 heterocycles. The SMILES string of the molecule is CCCCCNC(=O)CC(c1ccccc1OC)c1cnc2c(C)cccn12. The Morgan fingerprint density at radius 2 is 2.04 bits per heavy atom. The lowest BCUT2D eigenvalue weighted by Gasteiger charge is -2.20. The number of aryl methyl sites for hydroxylation is 1. The third-order valence-electron chi connectivity index (χ3n) is 5.12. The summed E-state index contributed by atoms with van der Waals surface area (Å²) in [5, 5.41) is 3.07. The summed E-state index contributed by atoms with van der Waals surface area (Å²) in [5.41, 5.74) is 4.02. The molecule has 0 radical (unpaired) electrons. The number of aromatic nitrogens is 2. The number of carbonyl (C=O) groups is 1. The van der Waals surface area contributed by atoms with Crippen LogP contribution in [0.5, 0.6) is 5.75 Å². The van der Waals surface area contributed by atoms with Gasteiger partial charge in [0.25, 0.3) is 0 Å². The van der Waals surface area contributed by atoms with Gasteiger partial charge in [-0.1, -0.05) is 44.0 Å². The number of hydrogen-bond donors (Lipinski definition) is 1. The number of nitrogens with one attached hydrogen (secondary N) is 1. The third kappa shape index (κ3) is 4.35. The fourth-order valence-electron chi connectivity index (χ4n) is 3.62. The van der Waals surface area contributed by atoms with Gasteiger partial charge >= 0.3 is 0 Å². The van der Waals surface area contributed by atoms with Crippen molar-refractivity contribution in [3.05, 3.63) is 65.6 Å². The van der Waals surface area contributed by atoms with Crippen LogP contribution >= 0.6 is 0 Å². The lowest BCUT2D eigenvalue weighted by Crippen LogP contribution is -2.26. The van der Waals surface area contributed by atoms with Crippen LogP contribution in [-0.2, 0) is 4.79 Å². The van der Waals surface area contributed by atoms with Crippen LogP contribution in [0.3, 0.4) is 0 Å². The van der Waals surface area contributed by atoms with E-state index in [-0.39, 0.29) is 11.8 Å². The standard InChI is InChI=1S/C23H29N3O2/c1-4-5-8-13-24-22(27)15-19(18-11-6-7-12-21(18)28-3)20-16-25-23-17(2)10-9-14-26(20)23/h6-7,9-12,14,16,19H,4-5,8,13,15H2,1-3H3,(H,24,27). The molecule has 0 aliphatic heterocycles. The molecule has 2 aromatic heterocycles. The lowest BCUT2D eigenvalue weighted by molar-refractivity contribution is -0.121. The maximum absolute atomic E-state index is 12.7. The van der Waals surface area contributed by atoms with Gasteiger partial charge in [0, 0.05) is 36.8 Å². The molecule has 0 fully saturated rings. The molecule has 3 rings (SSSR count). The molecule has 1 atom stereocenters. The second-order valence-electron chi connectivity index (χ2n) is 7.12. The number of benzene rings is 1. The Balaban J connectivity index is 1.95. The predicted octanol–water partition coefficient (Wildman–Crippen LogP) is 4.48. The first-order valence-electron chi connectivity index (χ1n) is 9.97. The van der Waals surface area contributed by atoms with E-state index >= 15 is 0 Å². The number of para-hydroxylation sites is 1. The van der Waals surface area contributed by atoms with E-state index in [1.54, 1.807) is 7.11 Å². The van der Waals surface area contributed by atoms with Crippen LogP contribution in [-0.4, -0.2) is 28.9 Å². The van der Waals surface area contributed by atoms with Crippen molar-refractivity contribution in [1.82, 2.24) is 14.7 Å². The van der Waals surface area contributed by atoms with Crippen molar-refractivity contribution >= 4 is 11.6 Å². The number of carbonyl (C=O) groups excluding carboxylic acids is 1. The average molecular weight is 380 g/mol. The van der Waals surface area contributed by atoms with E-state index in [0.29, 0.717) is 6.42 Å². The molecule has 0 spiro atoms. The number of nitrogens with zero attached hydrogens (tertiary/aromatic N) is 2. The molecule has 0 bridgehead atoms. The van der Waals surface area contributed by atoms with Crippen molar-refractivity contribution in [2.45, 2.75) is 45.4 Å². The first-order chi connectivity index (χ1) is 13.7. The zero-order valence-corrected chi connectivity index (χ0v) is 16.9. The molecule has 0 aliphatic carbocycles. The van der Waals surface area contributed by atoms with E-state index in [4.69, 9.17) is 4.74 Å². The first kappa shape index (κ1) is 19.9. The Kier molecular flexibility index (Phi) is 6.69. The van der Waals surface area contributed by atoms with Crippen molar-refractivity contribution < 1.29 is 9.53 Å². The number of unbranched alkanes of at least 4 members (excludes halogenated alkanes) is 2. The molecule has 5 heteroatoms. The number of hydrogen-bond acceptors (Lipinski definition) is 3. The summed E-state index contributed by atoms with van der Waals surface area (Å²) in [6.45, 7) is 4.93. The fraction of sp³-hybridized carbons (Fsp3) is 0.391. The van der Waals surface area contributed by atoms with Gasteiger partial charge in [0.1, 0.15) is 11.4 Å². The Labute approximate surface area is 166 Å². The summed E-state index contributed by atoms with van der Waals surface area (Å²) in [4.78, 5) is 17.3. The Hall–Kier alpha value is -2.82. The summed E-state index contributed by atoms with van der Waals surface area (Å²) in [6, 6.07) is 12.0. The second kappa shape index (κ2) is 9.40. The number of amides is 1. The highest BCUT2D eigenvalue weighted by atomic mass is 16.5. The molecule has 1 aromatic carbocycles. The van der Waals surface area contributed by atoms with Gasteiger partial charge in [-0.3, -0.25) is 4.79 Å². The minimum absolute atomic E-state index is 0.0506. The number of ether oxygens (including phenoxy) is 1. The Morgan fingerprint density at radius 1 is 1.21 bits per heavy atom. The number of methoxy groups -OCH3 is 1. The molecule has 0 saturated heterocycles. The molecule has 1 unspecified atom stereocenters. The highest BCUT2D eigenvalue weighted by molar-refractivity contribution is 5.77. The van der Waals surface area contributed by atoms with Gasteiger partial charge < -0.3 is 14.5 Å². The van der Waals surface area contributed by atoms with Crippen LogP contribution < -0.4 is 10.1 Å². The van der Waals surface area contributed by atoms with Crippen LogP contribution in [0, 0.1) is 6.92 Å². The first-order valence-corrected chi connectivity index (χ1v) is 9.97. The molecule has 5 nitrogen and oxygen atoms in total. The predicted molar refractivity (Wildman–Crippen MR) is 112 cm³/mol. The van der Waals surface area contributed by atoms with Crippen LogP contribution in [0.15, 0.2) is 48.8 Å². The Bertz CT molecular complexity index is 932. The zero-order valence-electron chi connectivity index (χ0n) is 16.9. The number of pyridine rings is 1. The number of imidazole rings is 1. The van der Waals surface area contributed by atoms with Crippen molar-refractivity contribution in [1.29, 1.82) is 0 Å². The molecule has 28 heavy (non-hydrogen) atoms. The van der Waals surface area contributed by atoms with Gasteiger partial charge in [-0.2, -0.15) is 0 Å². The van der Waals surface area contributed by atoms with Gasteiger partial charge in [-0.25, -0.2) is 4.98 Å². The van der Waals surface area contributed by atoms with Crippen LogP contribution in [0.4, 0.5) is 0 Å². The molecule has 0 saturated carbocycles. The maximum Gasteiger partial charge on any atom is 0.221 e. The molecule has 1 amide bonds.